The van der Waals surface area contributed by atoms with Crippen LogP contribution in [0.5, 0.6) is 5.75 Å². The van der Waals surface area contributed by atoms with Gasteiger partial charge in [-0.2, -0.15) is 0 Å². The molecule has 0 atom stereocenters. The second kappa shape index (κ2) is 7.99. The number of anilines is 1. The van der Waals surface area contributed by atoms with Crippen LogP contribution in [-0.2, 0) is 4.79 Å². The number of carbonyl (C=O) groups excluding carboxylic acids is 1. The molecule has 0 fully saturated rings. The van der Waals surface area contributed by atoms with E-state index in [9.17, 15) is 4.79 Å². The Bertz CT molecular complexity index is 655. The summed E-state index contributed by atoms with van der Waals surface area (Å²) in [6.45, 7) is 4.56. The Kier molecular flexibility index (Phi) is 6.01. The first kappa shape index (κ1) is 16.6. The lowest BCUT2D eigenvalue weighted by atomic mass is 10.1. The van der Waals surface area contributed by atoms with E-state index in [0.29, 0.717) is 19.4 Å². The van der Waals surface area contributed by atoms with Crippen LogP contribution in [0.2, 0.25) is 0 Å². The van der Waals surface area contributed by atoms with E-state index >= 15 is 0 Å². The molecule has 0 aliphatic heterocycles. The summed E-state index contributed by atoms with van der Waals surface area (Å²) in [5.41, 5.74) is 3.15. The highest BCUT2D eigenvalue weighted by molar-refractivity contribution is 9.10. The number of amides is 1. The van der Waals surface area contributed by atoms with E-state index < -0.39 is 0 Å². The highest BCUT2D eigenvalue weighted by Crippen LogP contribution is 2.18. The van der Waals surface area contributed by atoms with Crippen LogP contribution in [0.25, 0.3) is 0 Å². The largest absolute Gasteiger partial charge is 0.494 e. The van der Waals surface area contributed by atoms with Gasteiger partial charge in [0.15, 0.2) is 0 Å². The van der Waals surface area contributed by atoms with Crippen molar-refractivity contribution in [3.8, 4) is 5.75 Å². The Balaban J connectivity index is 1.74. The number of halogens is 1. The van der Waals surface area contributed by atoms with Gasteiger partial charge in [-0.15, -0.1) is 0 Å². The summed E-state index contributed by atoms with van der Waals surface area (Å²) in [5.74, 6) is 0.828. The highest BCUT2D eigenvalue weighted by atomic mass is 79.9. The molecule has 0 aromatic heterocycles. The summed E-state index contributed by atoms with van der Waals surface area (Å²) in [5, 5.41) is 2.94. The van der Waals surface area contributed by atoms with E-state index in [2.05, 4.69) is 27.3 Å². The van der Waals surface area contributed by atoms with Crippen LogP contribution < -0.4 is 10.1 Å². The molecular weight excluding hydrogens is 342 g/mol. The lowest BCUT2D eigenvalue weighted by molar-refractivity contribution is -0.116. The van der Waals surface area contributed by atoms with Crippen LogP contribution in [0, 0.1) is 13.8 Å². The Morgan fingerprint density at radius 1 is 1.18 bits per heavy atom. The predicted molar refractivity (Wildman–Crippen MR) is 93.4 cm³/mol. The first-order chi connectivity index (χ1) is 10.5. The van der Waals surface area contributed by atoms with Crippen molar-refractivity contribution in [2.75, 3.05) is 11.9 Å². The van der Waals surface area contributed by atoms with Crippen LogP contribution >= 0.6 is 15.9 Å². The van der Waals surface area contributed by atoms with Crippen LogP contribution in [0.3, 0.4) is 0 Å². The Morgan fingerprint density at radius 2 is 2.00 bits per heavy atom. The molecule has 0 bridgehead atoms. The fourth-order valence-corrected chi connectivity index (χ4v) is 2.52. The molecule has 0 spiro atoms. The van der Waals surface area contributed by atoms with Gasteiger partial charge in [0, 0.05) is 16.6 Å². The quantitative estimate of drug-likeness (QED) is 0.745. The van der Waals surface area contributed by atoms with Gasteiger partial charge in [-0.1, -0.05) is 39.7 Å². The number of benzene rings is 2. The Hall–Kier alpha value is -1.81. The first-order valence-corrected chi connectivity index (χ1v) is 8.09. The van der Waals surface area contributed by atoms with Crippen molar-refractivity contribution in [1.82, 2.24) is 0 Å². The molecule has 0 saturated heterocycles. The fourth-order valence-electron chi connectivity index (χ4n) is 2.15. The molecule has 22 heavy (non-hydrogen) atoms. The van der Waals surface area contributed by atoms with Gasteiger partial charge in [-0.3, -0.25) is 4.79 Å². The molecule has 0 unspecified atom stereocenters. The molecule has 2 rings (SSSR count). The molecule has 0 aliphatic rings. The van der Waals surface area contributed by atoms with Gasteiger partial charge in [0.1, 0.15) is 5.75 Å². The minimum atomic E-state index is 0.0183. The van der Waals surface area contributed by atoms with Crippen molar-refractivity contribution in [2.24, 2.45) is 0 Å². The number of hydrogen-bond donors (Lipinski definition) is 1. The van der Waals surface area contributed by atoms with E-state index in [1.807, 2.05) is 50.2 Å². The van der Waals surface area contributed by atoms with Crippen molar-refractivity contribution < 1.29 is 9.53 Å². The fraction of sp³-hybridized carbons (Fsp3) is 0.278. The second-order valence-electron chi connectivity index (χ2n) is 5.28. The molecule has 2 aromatic carbocycles. The second-order valence-corrected chi connectivity index (χ2v) is 6.19. The SMILES string of the molecule is Cc1ccc(NC(=O)CCCOc2cccc(Br)c2)c(C)c1. The summed E-state index contributed by atoms with van der Waals surface area (Å²) < 4.78 is 6.60. The summed E-state index contributed by atoms with van der Waals surface area (Å²) in [6.07, 6.45) is 1.13. The third-order valence-electron chi connectivity index (χ3n) is 3.27. The number of rotatable bonds is 6. The van der Waals surface area contributed by atoms with Crippen molar-refractivity contribution in [3.63, 3.8) is 0 Å². The predicted octanol–water partition coefficient (Wildman–Crippen LogP) is 4.86. The van der Waals surface area contributed by atoms with E-state index in [1.165, 1.54) is 5.56 Å². The third-order valence-corrected chi connectivity index (χ3v) is 3.76. The van der Waals surface area contributed by atoms with E-state index in [4.69, 9.17) is 4.74 Å². The third kappa shape index (κ3) is 5.19. The number of carbonyl (C=O) groups is 1. The minimum absolute atomic E-state index is 0.0183. The average Bonchev–Trinajstić information content (AvgIpc) is 2.47. The maximum Gasteiger partial charge on any atom is 0.224 e. The van der Waals surface area contributed by atoms with Gasteiger partial charge in [0.25, 0.3) is 0 Å². The molecule has 4 heteroatoms. The van der Waals surface area contributed by atoms with Gasteiger partial charge in [-0.25, -0.2) is 0 Å². The van der Waals surface area contributed by atoms with Crippen LogP contribution in [0.4, 0.5) is 5.69 Å². The number of aryl methyl sites for hydroxylation is 2. The number of ether oxygens (including phenoxy) is 1. The van der Waals surface area contributed by atoms with Crippen LogP contribution in [0.1, 0.15) is 24.0 Å². The molecular formula is C18H20BrNO2. The number of nitrogens with one attached hydrogen (secondary N) is 1. The molecule has 2 aromatic rings. The molecule has 116 valence electrons. The lowest BCUT2D eigenvalue weighted by Gasteiger charge is -2.10. The van der Waals surface area contributed by atoms with Crippen LogP contribution in [-0.4, -0.2) is 12.5 Å². The highest BCUT2D eigenvalue weighted by Gasteiger charge is 2.05. The van der Waals surface area contributed by atoms with E-state index in [-0.39, 0.29) is 5.91 Å². The lowest BCUT2D eigenvalue weighted by Crippen LogP contribution is -2.13. The maximum atomic E-state index is 11.9. The molecule has 3 nitrogen and oxygen atoms in total. The van der Waals surface area contributed by atoms with Crippen molar-refractivity contribution >= 4 is 27.5 Å². The monoisotopic (exact) mass is 361 g/mol. The van der Waals surface area contributed by atoms with Gasteiger partial charge in [0.05, 0.1) is 6.61 Å². The van der Waals surface area contributed by atoms with Crippen molar-refractivity contribution in [3.05, 3.63) is 58.1 Å². The van der Waals surface area contributed by atoms with Gasteiger partial charge < -0.3 is 10.1 Å². The van der Waals surface area contributed by atoms with Gasteiger partial charge >= 0.3 is 0 Å². The zero-order valence-corrected chi connectivity index (χ0v) is 14.4. The van der Waals surface area contributed by atoms with E-state index in [1.54, 1.807) is 0 Å². The normalized spacial score (nSPS) is 10.3. The standard InChI is InChI=1S/C18H20BrNO2/c1-13-8-9-17(14(2)11-13)20-18(21)7-4-10-22-16-6-3-5-15(19)12-16/h3,5-6,8-9,11-12H,4,7,10H2,1-2H3,(H,20,21). The smallest absolute Gasteiger partial charge is 0.224 e. The van der Waals surface area contributed by atoms with E-state index in [0.717, 1.165) is 21.5 Å². The number of hydrogen-bond acceptors (Lipinski definition) is 2. The maximum absolute atomic E-state index is 11.9. The summed E-state index contributed by atoms with van der Waals surface area (Å²) in [4.78, 5) is 11.9. The minimum Gasteiger partial charge on any atom is -0.494 e. The van der Waals surface area contributed by atoms with Crippen LogP contribution in [0.15, 0.2) is 46.9 Å². The first-order valence-electron chi connectivity index (χ1n) is 7.30. The summed E-state index contributed by atoms with van der Waals surface area (Å²) in [6, 6.07) is 13.7. The molecule has 1 amide bonds. The zero-order valence-electron chi connectivity index (χ0n) is 12.9. The Morgan fingerprint density at radius 3 is 2.73 bits per heavy atom. The summed E-state index contributed by atoms with van der Waals surface area (Å²) in [7, 11) is 0. The van der Waals surface area contributed by atoms with Gasteiger partial charge in [-0.05, 0) is 50.1 Å². The van der Waals surface area contributed by atoms with Crippen molar-refractivity contribution in [1.29, 1.82) is 0 Å². The van der Waals surface area contributed by atoms with Gasteiger partial charge in [0.2, 0.25) is 5.91 Å². The molecule has 0 saturated carbocycles. The van der Waals surface area contributed by atoms with Crippen molar-refractivity contribution in [2.45, 2.75) is 26.7 Å². The summed E-state index contributed by atoms with van der Waals surface area (Å²) >= 11 is 3.40. The topological polar surface area (TPSA) is 38.3 Å². The average molecular weight is 362 g/mol. The molecule has 1 N–H and O–H groups in total. The molecule has 0 aliphatic carbocycles. The molecule has 0 radical (unpaired) electrons. The molecule has 0 heterocycles. The zero-order chi connectivity index (χ0) is 15.9. The Labute approximate surface area is 139 Å².